The molecule has 0 atom stereocenters. The first-order valence-electron chi connectivity index (χ1n) is 6.16. The van der Waals surface area contributed by atoms with Crippen molar-refractivity contribution < 1.29 is 0 Å². The van der Waals surface area contributed by atoms with Crippen LogP contribution < -0.4 is 4.90 Å². The van der Waals surface area contributed by atoms with E-state index in [1.165, 1.54) is 11.4 Å². The molecule has 0 fully saturated rings. The van der Waals surface area contributed by atoms with E-state index in [1.54, 1.807) is 0 Å². The maximum absolute atomic E-state index is 8.65. The smallest absolute Gasteiger partial charge is 0.0622 e. The fraction of sp³-hybridized carbons (Fsp3) is 0.188. The van der Waals surface area contributed by atoms with Crippen molar-refractivity contribution in [3.8, 4) is 6.07 Å². The Balaban J connectivity index is 2.21. The molecule has 2 aromatic carbocycles. The van der Waals surface area contributed by atoms with Gasteiger partial charge in [-0.1, -0.05) is 36.4 Å². The summed E-state index contributed by atoms with van der Waals surface area (Å²) in [6, 6.07) is 22.8. The van der Waals surface area contributed by atoms with Crippen LogP contribution in [0.1, 0.15) is 12.8 Å². The average molecular weight is 236 g/mol. The average Bonchev–Trinajstić information content (AvgIpc) is 2.46. The molecule has 0 aliphatic heterocycles. The van der Waals surface area contributed by atoms with Crippen LogP contribution >= 0.6 is 0 Å². The Morgan fingerprint density at radius 1 is 0.833 bits per heavy atom. The molecule has 0 saturated carbocycles. The van der Waals surface area contributed by atoms with Crippen molar-refractivity contribution in [2.45, 2.75) is 12.8 Å². The Kier molecular flexibility index (Phi) is 4.38. The van der Waals surface area contributed by atoms with Gasteiger partial charge in [-0.15, -0.1) is 0 Å². The van der Waals surface area contributed by atoms with Crippen molar-refractivity contribution in [3.63, 3.8) is 0 Å². The standard InChI is InChI=1S/C16H16N2/c17-13-7-8-14-18(15-9-3-1-4-10-15)16-11-5-2-6-12-16/h1-6,9-12H,7-8,14H2. The van der Waals surface area contributed by atoms with Crippen LogP contribution in [0.15, 0.2) is 60.7 Å². The lowest BCUT2D eigenvalue weighted by atomic mass is 10.2. The molecule has 2 rings (SSSR count). The first kappa shape index (κ1) is 12.2. The summed E-state index contributed by atoms with van der Waals surface area (Å²) in [5.41, 5.74) is 2.34. The third kappa shape index (κ3) is 3.11. The minimum absolute atomic E-state index is 0.593. The predicted molar refractivity (Wildman–Crippen MR) is 74.7 cm³/mol. The lowest BCUT2D eigenvalue weighted by Gasteiger charge is -2.24. The summed E-state index contributed by atoms with van der Waals surface area (Å²) in [5, 5.41) is 8.65. The van der Waals surface area contributed by atoms with Gasteiger partial charge < -0.3 is 4.90 Å². The van der Waals surface area contributed by atoms with Gasteiger partial charge in [0.15, 0.2) is 0 Å². The summed E-state index contributed by atoms with van der Waals surface area (Å²) in [4.78, 5) is 2.25. The van der Waals surface area contributed by atoms with Crippen LogP contribution in [0.3, 0.4) is 0 Å². The maximum Gasteiger partial charge on any atom is 0.0622 e. The third-order valence-corrected chi connectivity index (χ3v) is 2.81. The monoisotopic (exact) mass is 236 g/mol. The fourth-order valence-corrected chi connectivity index (χ4v) is 1.94. The van der Waals surface area contributed by atoms with Crippen LogP contribution in [-0.4, -0.2) is 6.54 Å². The first-order valence-corrected chi connectivity index (χ1v) is 6.16. The number of nitriles is 1. The Bertz CT molecular complexity index is 460. The summed E-state index contributed by atoms with van der Waals surface area (Å²) >= 11 is 0. The minimum Gasteiger partial charge on any atom is -0.341 e. The van der Waals surface area contributed by atoms with Crippen LogP contribution in [0.25, 0.3) is 0 Å². The van der Waals surface area contributed by atoms with Crippen LogP contribution in [-0.2, 0) is 0 Å². The second kappa shape index (κ2) is 6.46. The van der Waals surface area contributed by atoms with E-state index in [9.17, 15) is 0 Å². The molecule has 0 saturated heterocycles. The van der Waals surface area contributed by atoms with Gasteiger partial charge in [-0.3, -0.25) is 0 Å². The highest BCUT2D eigenvalue weighted by Gasteiger charge is 2.07. The van der Waals surface area contributed by atoms with Crippen molar-refractivity contribution in [2.75, 3.05) is 11.4 Å². The Hall–Kier alpha value is -2.27. The van der Waals surface area contributed by atoms with Gasteiger partial charge in [0.25, 0.3) is 0 Å². The van der Waals surface area contributed by atoms with Gasteiger partial charge in [0.1, 0.15) is 0 Å². The maximum atomic E-state index is 8.65. The highest BCUT2D eigenvalue weighted by Crippen LogP contribution is 2.24. The zero-order valence-corrected chi connectivity index (χ0v) is 10.3. The summed E-state index contributed by atoms with van der Waals surface area (Å²) in [7, 11) is 0. The predicted octanol–water partition coefficient (Wildman–Crippen LogP) is 4.13. The zero-order valence-electron chi connectivity index (χ0n) is 10.3. The van der Waals surface area contributed by atoms with Crippen molar-refractivity contribution in [1.29, 1.82) is 5.26 Å². The van der Waals surface area contributed by atoms with Gasteiger partial charge in [-0.25, -0.2) is 0 Å². The lowest BCUT2D eigenvalue weighted by Crippen LogP contribution is -2.18. The molecule has 0 aromatic heterocycles. The fourth-order valence-electron chi connectivity index (χ4n) is 1.94. The number of benzene rings is 2. The van der Waals surface area contributed by atoms with Gasteiger partial charge in [-0.05, 0) is 30.7 Å². The number of hydrogen-bond acceptors (Lipinski definition) is 2. The van der Waals surface area contributed by atoms with E-state index < -0.39 is 0 Å². The van der Waals surface area contributed by atoms with E-state index in [0.717, 1.165) is 13.0 Å². The molecular formula is C16H16N2. The molecule has 0 N–H and O–H groups in total. The van der Waals surface area contributed by atoms with Gasteiger partial charge in [0.05, 0.1) is 6.07 Å². The molecule has 0 radical (unpaired) electrons. The van der Waals surface area contributed by atoms with E-state index >= 15 is 0 Å². The molecule has 18 heavy (non-hydrogen) atoms. The summed E-state index contributed by atoms with van der Waals surface area (Å²) in [6.45, 7) is 0.863. The molecule has 0 bridgehead atoms. The zero-order chi connectivity index (χ0) is 12.6. The highest BCUT2D eigenvalue weighted by atomic mass is 15.1. The summed E-state index contributed by atoms with van der Waals surface area (Å²) in [5.74, 6) is 0. The van der Waals surface area contributed by atoms with Gasteiger partial charge in [0, 0.05) is 24.3 Å². The van der Waals surface area contributed by atoms with Crippen molar-refractivity contribution in [3.05, 3.63) is 60.7 Å². The molecule has 0 aliphatic rings. The molecule has 2 heteroatoms. The van der Waals surface area contributed by atoms with E-state index in [0.29, 0.717) is 6.42 Å². The molecule has 0 amide bonds. The molecular weight excluding hydrogens is 220 g/mol. The molecule has 0 aliphatic carbocycles. The first-order chi connectivity index (χ1) is 8.92. The van der Waals surface area contributed by atoms with E-state index in [-0.39, 0.29) is 0 Å². The van der Waals surface area contributed by atoms with Crippen LogP contribution in [0, 0.1) is 11.3 Å². The molecule has 0 unspecified atom stereocenters. The summed E-state index contributed by atoms with van der Waals surface area (Å²) < 4.78 is 0. The van der Waals surface area contributed by atoms with E-state index in [2.05, 4.69) is 35.2 Å². The molecule has 0 spiro atoms. The minimum atomic E-state index is 0.593. The van der Waals surface area contributed by atoms with Crippen molar-refractivity contribution in [2.24, 2.45) is 0 Å². The number of nitrogens with zero attached hydrogens (tertiary/aromatic N) is 2. The molecule has 2 aromatic rings. The topological polar surface area (TPSA) is 27.0 Å². The quantitative estimate of drug-likeness (QED) is 0.730. The van der Waals surface area contributed by atoms with Gasteiger partial charge in [-0.2, -0.15) is 5.26 Å². The van der Waals surface area contributed by atoms with Crippen molar-refractivity contribution >= 4 is 11.4 Å². The van der Waals surface area contributed by atoms with Gasteiger partial charge in [0.2, 0.25) is 0 Å². The van der Waals surface area contributed by atoms with Crippen LogP contribution in [0.4, 0.5) is 11.4 Å². The highest BCUT2D eigenvalue weighted by molar-refractivity contribution is 5.62. The van der Waals surface area contributed by atoms with E-state index in [4.69, 9.17) is 5.26 Å². The summed E-state index contributed by atoms with van der Waals surface area (Å²) in [6.07, 6.45) is 1.47. The van der Waals surface area contributed by atoms with E-state index in [1.807, 2.05) is 36.4 Å². The Morgan fingerprint density at radius 2 is 1.33 bits per heavy atom. The number of para-hydroxylation sites is 2. The SMILES string of the molecule is N#CCCCN(c1ccccc1)c1ccccc1. The number of anilines is 2. The van der Waals surface area contributed by atoms with Crippen LogP contribution in [0.2, 0.25) is 0 Å². The third-order valence-electron chi connectivity index (χ3n) is 2.81. The van der Waals surface area contributed by atoms with Gasteiger partial charge >= 0.3 is 0 Å². The Labute approximate surface area is 108 Å². The Morgan fingerprint density at radius 3 is 1.78 bits per heavy atom. The second-order valence-corrected chi connectivity index (χ2v) is 4.08. The normalized spacial score (nSPS) is 9.72. The largest absolute Gasteiger partial charge is 0.341 e. The van der Waals surface area contributed by atoms with Crippen molar-refractivity contribution in [1.82, 2.24) is 0 Å². The number of unbranched alkanes of at least 4 members (excludes halogenated alkanes) is 1. The number of rotatable bonds is 5. The molecule has 0 heterocycles. The molecule has 2 nitrogen and oxygen atoms in total. The van der Waals surface area contributed by atoms with Crippen LogP contribution in [0.5, 0.6) is 0 Å². The lowest BCUT2D eigenvalue weighted by molar-refractivity contribution is 0.832. The second-order valence-electron chi connectivity index (χ2n) is 4.08. The number of hydrogen-bond donors (Lipinski definition) is 0. The molecule has 90 valence electrons.